The summed E-state index contributed by atoms with van der Waals surface area (Å²) in [4.78, 5) is 0. The maximum Gasteiger partial charge on any atom is 0.131 e. The molecule has 0 fully saturated rings. The van der Waals surface area contributed by atoms with Crippen molar-refractivity contribution in [2.45, 2.75) is 18.3 Å². The molecule has 0 saturated heterocycles. The number of hydrogen-bond donors (Lipinski definition) is 1. The van der Waals surface area contributed by atoms with Crippen LogP contribution in [0.1, 0.15) is 24.0 Å². The van der Waals surface area contributed by atoms with E-state index in [1.54, 1.807) is 7.11 Å². The lowest BCUT2D eigenvalue weighted by Crippen LogP contribution is -2.39. The monoisotopic (exact) mass is 283 g/mol. The van der Waals surface area contributed by atoms with E-state index in [1.807, 2.05) is 24.3 Å². The van der Waals surface area contributed by atoms with Gasteiger partial charge >= 0.3 is 0 Å². The Kier molecular flexibility index (Phi) is 3.95. The molecule has 0 aromatic heterocycles. The largest absolute Gasteiger partial charge is 0.457 e. The number of benzene rings is 2. The fraction of sp³-hybridized carbons (Fsp3) is 0.333. The zero-order chi connectivity index (χ0) is 14.7. The second-order valence-corrected chi connectivity index (χ2v) is 5.48. The molecule has 0 unspecified atom stereocenters. The average molecular weight is 283 g/mol. The van der Waals surface area contributed by atoms with E-state index in [-0.39, 0.29) is 5.41 Å². The summed E-state index contributed by atoms with van der Waals surface area (Å²) in [5.41, 5.74) is 8.43. The molecule has 0 saturated carbocycles. The van der Waals surface area contributed by atoms with E-state index < -0.39 is 0 Å². The Hall–Kier alpha value is -1.84. The molecule has 3 nitrogen and oxygen atoms in total. The Balaban J connectivity index is 2.12. The molecule has 0 atom stereocenters. The summed E-state index contributed by atoms with van der Waals surface area (Å²) in [6, 6.07) is 16.4. The van der Waals surface area contributed by atoms with Gasteiger partial charge < -0.3 is 15.2 Å². The predicted octanol–water partition coefficient (Wildman–Crippen LogP) is 3.46. The lowest BCUT2D eigenvalue weighted by molar-refractivity contribution is 0.185. The fourth-order valence-electron chi connectivity index (χ4n) is 3.28. The van der Waals surface area contributed by atoms with Crippen molar-refractivity contribution in [3.8, 4) is 11.5 Å². The van der Waals surface area contributed by atoms with Crippen LogP contribution in [0.5, 0.6) is 11.5 Å². The molecule has 3 heteroatoms. The number of para-hydroxylation sites is 2. The third-order valence-electron chi connectivity index (χ3n) is 4.33. The van der Waals surface area contributed by atoms with Gasteiger partial charge in [0, 0.05) is 36.8 Å². The summed E-state index contributed by atoms with van der Waals surface area (Å²) in [6.07, 6.45) is 1.92. The van der Waals surface area contributed by atoms with Gasteiger partial charge in [0.25, 0.3) is 0 Å². The van der Waals surface area contributed by atoms with Crippen LogP contribution < -0.4 is 10.5 Å². The van der Waals surface area contributed by atoms with Crippen molar-refractivity contribution in [3.63, 3.8) is 0 Å². The number of hydrogen-bond acceptors (Lipinski definition) is 3. The van der Waals surface area contributed by atoms with Gasteiger partial charge in [-0.15, -0.1) is 0 Å². The van der Waals surface area contributed by atoms with Gasteiger partial charge in [-0.3, -0.25) is 0 Å². The molecule has 0 bridgehead atoms. The highest BCUT2D eigenvalue weighted by Gasteiger charge is 2.40. The van der Waals surface area contributed by atoms with Crippen molar-refractivity contribution in [2.75, 3.05) is 20.3 Å². The quantitative estimate of drug-likeness (QED) is 0.855. The normalized spacial score (nSPS) is 15.0. The minimum absolute atomic E-state index is 0.191. The van der Waals surface area contributed by atoms with Crippen LogP contribution in [0, 0.1) is 0 Å². The smallest absolute Gasteiger partial charge is 0.131 e. The maximum absolute atomic E-state index is 6.25. The first-order valence-corrected chi connectivity index (χ1v) is 7.38. The van der Waals surface area contributed by atoms with Crippen LogP contribution in [-0.4, -0.2) is 20.3 Å². The highest BCUT2D eigenvalue weighted by molar-refractivity contribution is 5.57. The Morgan fingerprint density at radius 3 is 2.10 bits per heavy atom. The van der Waals surface area contributed by atoms with Gasteiger partial charge in [0.05, 0.1) is 0 Å². The van der Waals surface area contributed by atoms with E-state index in [0.29, 0.717) is 6.54 Å². The third-order valence-corrected chi connectivity index (χ3v) is 4.33. The van der Waals surface area contributed by atoms with Crippen LogP contribution >= 0.6 is 0 Å². The molecular weight excluding hydrogens is 262 g/mol. The van der Waals surface area contributed by atoms with Crippen molar-refractivity contribution >= 4 is 0 Å². The van der Waals surface area contributed by atoms with E-state index in [2.05, 4.69) is 24.3 Å². The Bertz CT molecular complexity index is 579. The van der Waals surface area contributed by atoms with Gasteiger partial charge in [-0.1, -0.05) is 36.4 Å². The van der Waals surface area contributed by atoms with Crippen molar-refractivity contribution < 1.29 is 9.47 Å². The van der Waals surface area contributed by atoms with Gasteiger partial charge in [-0.2, -0.15) is 0 Å². The van der Waals surface area contributed by atoms with Gasteiger partial charge in [0.1, 0.15) is 11.5 Å². The zero-order valence-corrected chi connectivity index (χ0v) is 12.3. The lowest BCUT2D eigenvalue weighted by atomic mass is 9.69. The van der Waals surface area contributed by atoms with Crippen molar-refractivity contribution in [1.82, 2.24) is 0 Å². The summed E-state index contributed by atoms with van der Waals surface area (Å²) < 4.78 is 11.3. The Morgan fingerprint density at radius 2 is 1.57 bits per heavy atom. The van der Waals surface area contributed by atoms with E-state index in [9.17, 15) is 0 Å². The number of fused-ring (bicyclic) bond motifs is 2. The van der Waals surface area contributed by atoms with Crippen molar-refractivity contribution in [1.29, 1.82) is 0 Å². The van der Waals surface area contributed by atoms with Gasteiger partial charge in [0.15, 0.2) is 0 Å². The van der Waals surface area contributed by atoms with Crippen LogP contribution in [0.2, 0.25) is 0 Å². The van der Waals surface area contributed by atoms with E-state index >= 15 is 0 Å². The predicted molar refractivity (Wildman–Crippen MR) is 83.9 cm³/mol. The highest BCUT2D eigenvalue weighted by atomic mass is 16.5. The Morgan fingerprint density at radius 1 is 1.00 bits per heavy atom. The molecule has 3 rings (SSSR count). The van der Waals surface area contributed by atoms with Gasteiger partial charge in [-0.05, 0) is 25.0 Å². The molecule has 0 radical (unpaired) electrons. The minimum Gasteiger partial charge on any atom is -0.457 e. The lowest BCUT2D eigenvalue weighted by Gasteiger charge is -2.39. The summed E-state index contributed by atoms with van der Waals surface area (Å²) >= 11 is 0. The van der Waals surface area contributed by atoms with E-state index in [0.717, 1.165) is 30.9 Å². The molecule has 2 aromatic carbocycles. The Labute approximate surface area is 125 Å². The number of ether oxygens (including phenoxy) is 2. The molecule has 21 heavy (non-hydrogen) atoms. The van der Waals surface area contributed by atoms with Crippen LogP contribution in [0.4, 0.5) is 0 Å². The zero-order valence-electron chi connectivity index (χ0n) is 12.3. The first kappa shape index (κ1) is 14.1. The molecule has 0 amide bonds. The second kappa shape index (κ2) is 5.88. The van der Waals surface area contributed by atoms with Crippen LogP contribution in [0.15, 0.2) is 48.5 Å². The SMILES string of the molecule is COCCCC1(CN)c2ccccc2Oc2ccccc21. The average Bonchev–Trinajstić information content (AvgIpc) is 2.54. The molecule has 2 N–H and O–H groups in total. The second-order valence-electron chi connectivity index (χ2n) is 5.48. The van der Waals surface area contributed by atoms with Crippen molar-refractivity contribution in [2.24, 2.45) is 5.73 Å². The summed E-state index contributed by atoms with van der Waals surface area (Å²) in [5.74, 6) is 1.83. The summed E-state index contributed by atoms with van der Waals surface area (Å²) in [6.45, 7) is 1.31. The van der Waals surface area contributed by atoms with Gasteiger partial charge in [-0.25, -0.2) is 0 Å². The van der Waals surface area contributed by atoms with Crippen LogP contribution in [0.25, 0.3) is 0 Å². The van der Waals surface area contributed by atoms with E-state index in [1.165, 1.54) is 11.1 Å². The summed E-state index contributed by atoms with van der Waals surface area (Å²) in [7, 11) is 1.74. The number of methoxy groups -OCH3 is 1. The molecular formula is C18H21NO2. The number of nitrogens with two attached hydrogens (primary N) is 1. The highest BCUT2D eigenvalue weighted by Crippen LogP contribution is 2.49. The molecule has 110 valence electrons. The third kappa shape index (κ3) is 2.33. The minimum atomic E-state index is -0.191. The fourth-order valence-corrected chi connectivity index (χ4v) is 3.28. The van der Waals surface area contributed by atoms with Gasteiger partial charge in [0.2, 0.25) is 0 Å². The first-order chi connectivity index (χ1) is 10.3. The molecule has 1 heterocycles. The maximum atomic E-state index is 6.25. The summed E-state index contributed by atoms with van der Waals surface area (Å²) in [5, 5.41) is 0. The molecule has 1 aliphatic rings. The molecule has 0 spiro atoms. The molecule has 2 aromatic rings. The standard InChI is InChI=1S/C18H21NO2/c1-20-12-6-11-18(13-19)14-7-2-4-9-16(14)21-17-10-5-3-8-15(17)18/h2-5,7-10H,6,11-13,19H2,1H3. The number of rotatable bonds is 5. The molecule has 1 aliphatic heterocycles. The van der Waals surface area contributed by atoms with E-state index in [4.69, 9.17) is 15.2 Å². The molecule has 0 aliphatic carbocycles. The van der Waals surface area contributed by atoms with Crippen LogP contribution in [0.3, 0.4) is 0 Å². The van der Waals surface area contributed by atoms with Crippen LogP contribution in [-0.2, 0) is 10.2 Å². The van der Waals surface area contributed by atoms with Crippen molar-refractivity contribution in [3.05, 3.63) is 59.7 Å². The first-order valence-electron chi connectivity index (χ1n) is 7.38. The topological polar surface area (TPSA) is 44.5 Å².